The van der Waals surface area contributed by atoms with Gasteiger partial charge in [-0.15, -0.1) is 0 Å². The van der Waals surface area contributed by atoms with Crippen LogP contribution in [0.15, 0.2) is 12.1 Å². The molecule has 1 aromatic carbocycles. The summed E-state index contributed by atoms with van der Waals surface area (Å²) in [6.45, 7) is 11.3. The second-order valence-electron chi connectivity index (χ2n) is 5.84. The Morgan fingerprint density at radius 3 is 1.78 bits per heavy atom. The molecule has 0 atom stereocenters. The van der Waals surface area contributed by atoms with Crippen LogP contribution in [-0.2, 0) is 6.42 Å². The van der Waals surface area contributed by atoms with Crippen LogP contribution in [0.4, 0.5) is 0 Å². The first-order valence-corrected chi connectivity index (χ1v) is 8.79. The standard InChI is InChI=1S/C16H24Br2/c1-11(2)16(9-17,10-18)8-15-13(4)6-12(3)7-14(15)5/h6-7,11H,8-10H2,1-5H3. The fourth-order valence-corrected chi connectivity index (χ4v) is 5.10. The largest absolute Gasteiger partial charge is 0.0921 e. The zero-order valence-corrected chi connectivity index (χ0v) is 15.3. The van der Waals surface area contributed by atoms with Gasteiger partial charge in [0.1, 0.15) is 0 Å². The highest BCUT2D eigenvalue weighted by atomic mass is 79.9. The molecule has 0 heterocycles. The Morgan fingerprint density at radius 2 is 1.44 bits per heavy atom. The predicted molar refractivity (Wildman–Crippen MR) is 89.2 cm³/mol. The Labute approximate surface area is 129 Å². The fourth-order valence-electron chi connectivity index (χ4n) is 2.48. The van der Waals surface area contributed by atoms with Crippen molar-refractivity contribution in [2.24, 2.45) is 11.3 Å². The summed E-state index contributed by atoms with van der Waals surface area (Å²) in [5, 5.41) is 2.07. The minimum Gasteiger partial charge on any atom is -0.0921 e. The number of hydrogen-bond acceptors (Lipinski definition) is 0. The molecule has 0 aliphatic rings. The van der Waals surface area contributed by atoms with E-state index in [1.165, 1.54) is 22.3 Å². The lowest BCUT2D eigenvalue weighted by atomic mass is 9.74. The molecule has 0 radical (unpaired) electrons. The Hall–Kier alpha value is 0.180. The Bertz CT molecular complexity index is 381. The lowest BCUT2D eigenvalue weighted by molar-refractivity contribution is 0.267. The number of aryl methyl sites for hydroxylation is 3. The molecule has 0 N–H and O–H groups in total. The normalized spacial score (nSPS) is 12.2. The molecule has 0 aliphatic heterocycles. The summed E-state index contributed by atoms with van der Waals surface area (Å²) >= 11 is 7.45. The number of alkyl halides is 2. The van der Waals surface area contributed by atoms with Gasteiger partial charge in [0.15, 0.2) is 0 Å². The van der Waals surface area contributed by atoms with Gasteiger partial charge < -0.3 is 0 Å². The van der Waals surface area contributed by atoms with Crippen LogP contribution in [0, 0.1) is 32.1 Å². The van der Waals surface area contributed by atoms with E-state index in [1.54, 1.807) is 0 Å². The van der Waals surface area contributed by atoms with Crippen LogP contribution in [0.25, 0.3) is 0 Å². The van der Waals surface area contributed by atoms with Crippen LogP contribution in [0.1, 0.15) is 36.1 Å². The van der Waals surface area contributed by atoms with Crippen LogP contribution in [0.3, 0.4) is 0 Å². The maximum atomic E-state index is 3.72. The van der Waals surface area contributed by atoms with E-state index < -0.39 is 0 Å². The molecule has 1 aromatic rings. The van der Waals surface area contributed by atoms with Crippen molar-refractivity contribution in [3.05, 3.63) is 34.4 Å². The van der Waals surface area contributed by atoms with Crippen LogP contribution < -0.4 is 0 Å². The van der Waals surface area contributed by atoms with E-state index in [-0.39, 0.29) is 0 Å². The first-order chi connectivity index (χ1) is 8.36. The quantitative estimate of drug-likeness (QED) is 0.588. The monoisotopic (exact) mass is 374 g/mol. The maximum absolute atomic E-state index is 3.72. The number of rotatable bonds is 5. The summed E-state index contributed by atoms with van der Waals surface area (Å²) in [5.41, 5.74) is 6.04. The third kappa shape index (κ3) is 3.39. The summed E-state index contributed by atoms with van der Waals surface area (Å²) < 4.78 is 0. The molecule has 18 heavy (non-hydrogen) atoms. The lowest BCUT2D eigenvalue weighted by Crippen LogP contribution is -2.34. The topological polar surface area (TPSA) is 0 Å². The lowest BCUT2D eigenvalue weighted by Gasteiger charge is -2.35. The van der Waals surface area contributed by atoms with Crippen LogP contribution in [-0.4, -0.2) is 10.7 Å². The van der Waals surface area contributed by atoms with Crippen LogP contribution in [0.2, 0.25) is 0 Å². The Balaban J connectivity index is 3.16. The van der Waals surface area contributed by atoms with E-state index in [2.05, 4.69) is 78.6 Å². The number of hydrogen-bond donors (Lipinski definition) is 0. The molecule has 0 saturated carbocycles. The van der Waals surface area contributed by atoms with E-state index in [9.17, 15) is 0 Å². The van der Waals surface area contributed by atoms with Crippen LogP contribution >= 0.6 is 31.9 Å². The molecule has 1 rings (SSSR count). The maximum Gasteiger partial charge on any atom is 0.0102 e. The van der Waals surface area contributed by atoms with E-state index in [0.717, 1.165) is 17.1 Å². The van der Waals surface area contributed by atoms with Gasteiger partial charge >= 0.3 is 0 Å². The molecule has 0 unspecified atom stereocenters. The van der Waals surface area contributed by atoms with Gasteiger partial charge in [0.25, 0.3) is 0 Å². The molecule has 0 spiro atoms. The van der Waals surface area contributed by atoms with Crippen molar-refractivity contribution in [2.45, 2.75) is 41.0 Å². The predicted octanol–water partition coefficient (Wildman–Crippen LogP) is 5.59. The van der Waals surface area contributed by atoms with E-state index in [4.69, 9.17) is 0 Å². The molecular weight excluding hydrogens is 352 g/mol. The van der Waals surface area contributed by atoms with Gasteiger partial charge in [-0.2, -0.15) is 0 Å². The van der Waals surface area contributed by atoms with Gasteiger partial charge in [0.2, 0.25) is 0 Å². The van der Waals surface area contributed by atoms with E-state index in [0.29, 0.717) is 11.3 Å². The molecule has 102 valence electrons. The minimum atomic E-state index is 0.296. The minimum absolute atomic E-state index is 0.296. The summed E-state index contributed by atoms with van der Waals surface area (Å²) in [4.78, 5) is 0. The second kappa shape index (κ2) is 6.56. The highest BCUT2D eigenvalue weighted by molar-refractivity contribution is 9.09. The zero-order valence-electron chi connectivity index (χ0n) is 12.1. The molecule has 0 aliphatic carbocycles. The third-order valence-electron chi connectivity index (χ3n) is 4.13. The van der Waals surface area contributed by atoms with Gasteiger partial charge in [-0.3, -0.25) is 0 Å². The first kappa shape index (κ1) is 16.2. The van der Waals surface area contributed by atoms with Gasteiger partial charge in [-0.05, 0) is 55.2 Å². The van der Waals surface area contributed by atoms with Crippen molar-refractivity contribution in [2.75, 3.05) is 10.7 Å². The molecule has 0 fully saturated rings. The highest BCUT2D eigenvalue weighted by Gasteiger charge is 2.32. The summed E-state index contributed by atoms with van der Waals surface area (Å²) in [6, 6.07) is 4.60. The zero-order chi connectivity index (χ0) is 13.9. The smallest absolute Gasteiger partial charge is 0.0102 e. The van der Waals surface area contributed by atoms with Crippen molar-refractivity contribution in [1.29, 1.82) is 0 Å². The van der Waals surface area contributed by atoms with Crippen molar-refractivity contribution in [3.8, 4) is 0 Å². The SMILES string of the molecule is Cc1cc(C)c(CC(CBr)(CBr)C(C)C)c(C)c1. The molecule has 0 bridgehead atoms. The Morgan fingerprint density at radius 1 is 1.00 bits per heavy atom. The summed E-state index contributed by atoms with van der Waals surface area (Å²) in [5.74, 6) is 0.649. The molecule has 0 nitrogen and oxygen atoms in total. The average Bonchev–Trinajstić information content (AvgIpc) is 2.28. The highest BCUT2D eigenvalue weighted by Crippen LogP contribution is 2.37. The van der Waals surface area contributed by atoms with Gasteiger partial charge in [-0.25, -0.2) is 0 Å². The molecule has 0 amide bonds. The third-order valence-corrected chi connectivity index (χ3v) is 6.36. The van der Waals surface area contributed by atoms with Crippen molar-refractivity contribution in [1.82, 2.24) is 0 Å². The number of halogens is 2. The Kier molecular flexibility index (Phi) is 5.92. The molecular formula is C16H24Br2. The summed E-state index contributed by atoms with van der Waals surface area (Å²) in [6.07, 6.45) is 1.14. The average molecular weight is 376 g/mol. The van der Waals surface area contributed by atoms with E-state index >= 15 is 0 Å². The van der Waals surface area contributed by atoms with Crippen LogP contribution in [0.5, 0.6) is 0 Å². The fraction of sp³-hybridized carbons (Fsp3) is 0.625. The first-order valence-electron chi connectivity index (χ1n) is 6.55. The molecule has 0 saturated heterocycles. The van der Waals surface area contributed by atoms with Gasteiger partial charge in [-0.1, -0.05) is 63.4 Å². The molecule has 0 aromatic heterocycles. The van der Waals surface area contributed by atoms with Crippen molar-refractivity contribution in [3.63, 3.8) is 0 Å². The summed E-state index contributed by atoms with van der Waals surface area (Å²) in [7, 11) is 0. The van der Waals surface area contributed by atoms with Crippen molar-refractivity contribution < 1.29 is 0 Å². The van der Waals surface area contributed by atoms with Gasteiger partial charge in [0.05, 0.1) is 0 Å². The van der Waals surface area contributed by atoms with Crippen molar-refractivity contribution >= 4 is 31.9 Å². The van der Waals surface area contributed by atoms with E-state index in [1.807, 2.05) is 0 Å². The second-order valence-corrected chi connectivity index (χ2v) is 6.96. The number of benzene rings is 1. The molecule has 2 heteroatoms. The van der Waals surface area contributed by atoms with Gasteiger partial charge in [0, 0.05) is 10.7 Å².